The molecular formula is C12H19F3N2O2S. The molecule has 20 heavy (non-hydrogen) atoms. The molecular weight excluding hydrogens is 293 g/mol. The van der Waals surface area contributed by atoms with Gasteiger partial charge in [0.05, 0.1) is 0 Å². The van der Waals surface area contributed by atoms with Gasteiger partial charge in [-0.25, -0.2) is 0 Å². The molecule has 2 amide bonds. The molecule has 0 aromatic carbocycles. The second-order valence-corrected chi connectivity index (χ2v) is 6.70. The third kappa shape index (κ3) is 3.80. The highest BCUT2D eigenvalue weighted by atomic mass is 32.2. The van der Waals surface area contributed by atoms with E-state index in [1.165, 1.54) is 18.7 Å². The Morgan fingerprint density at radius 2 is 1.90 bits per heavy atom. The maximum Gasteiger partial charge on any atom is 0.441 e. The third-order valence-corrected chi connectivity index (χ3v) is 4.01. The Balaban J connectivity index is 2.82. The number of piperazine rings is 1. The van der Waals surface area contributed by atoms with Crippen molar-refractivity contribution in [3.05, 3.63) is 0 Å². The Kier molecular flexibility index (Phi) is 4.99. The summed E-state index contributed by atoms with van der Waals surface area (Å²) in [6.07, 6.45) is 0. The summed E-state index contributed by atoms with van der Waals surface area (Å²) in [5.74, 6) is -1.06. The lowest BCUT2D eigenvalue weighted by atomic mass is 9.91. The molecule has 0 bridgehead atoms. The maximum atomic E-state index is 12.3. The van der Waals surface area contributed by atoms with Gasteiger partial charge < -0.3 is 10.2 Å². The fourth-order valence-corrected chi connectivity index (χ4v) is 2.55. The molecule has 0 aliphatic carbocycles. The molecule has 1 unspecified atom stereocenters. The number of thioether (sulfide) groups is 1. The van der Waals surface area contributed by atoms with Crippen molar-refractivity contribution in [2.24, 2.45) is 5.92 Å². The smallest absolute Gasteiger partial charge is 0.342 e. The summed E-state index contributed by atoms with van der Waals surface area (Å²) >= 11 is -0.185. The van der Waals surface area contributed by atoms with Crippen molar-refractivity contribution < 1.29 is 22.8 Å². The SMILES string of the molecule is CC(C)C1NC(=O)C(C)(C)N(CCSC(F)(F)F)C1=O. The summed E-state index contributed by atoms with van der Waals surface area (Å²) in [4.78, 5) is 25.6. The molecule has 1 aliphatic heterocycles. The molecule has 1 fully saturated rings. The molecule has 1 N–H and O–H groups in total. The zero-order valence-corrected chi connectivity index (χ0v) is 12.7. The number of rotatable bonds is 4. The van der Waals surface area contributed by atoms with Crippen molar-refractivity contribution in [1.82, 2.24) is 10.2 Å². The van der Waals surface area contributed by atoms with E-state index in [4.69, 9.17) is 0 Å². The predicted molar refractivity (Wildman–Crippen MR) is 71.1 cm³/mol. The lowest BCUT2D eigenvalue weighted by Crippen LogP contribution is -2.69. The summed E-state index contributed by atoms with van der Waals surface area (Å²) in [6, 6.07) is -0.675. The van der Waals surface area contributed by atoms with Crippen molar-refractivity contribution >= 4 is 23.6 Å². The molecule has 8 heteroatoms. The number of nitrogens with one attached hydrogen (secondary N) is 1. The van der Waals surface area contributed by atoms with Gasteiger partial charge in [-0.1, -0.05) is 13.8 Å². The molecule has 0 aromatic heterocycles. The van der Waals surface area contributed by atoms with E-state index in [0.717, 1.165) is 0 Å². The number of carbonyl (C=O) groups excluding carboxylic acids is 2. The summed E-state index contributed by atoms with van der Waals surface area (Å²) in [5, 5.41) is 2.63. The van der Waals surface area contributed by atoms with Crippen LogP contribution in [0.3, 0.4) is 0 Å². The molecule has 116 valence electrons. The zero-order valence-electron chi connectivity index (χ0n) is 11.9. The van der Waals surface area contributed by atoms with Crippen molar-refractivity contribution in [3.8, 4) is 0 Å². The van der Waals surface area contributed by atoms with Gasteiger partial charge in [-0.05, 0) is 31.5 Å². The Morgan fingerprint density at radius 1 is 1.35 bits per heavy atom. The van der Waals surface area contributed by atoms with E-state index in [1.54, 1.807) is 13.8 Å². The van der Waals surface area contributed by atoms with Crippen LogP contribution in [0.15, 0.2) is 0 Å². The second-order valence-electron chi connectivity index (χ2n) is 5.54. The van der Waals surface area contributed by atoms with Crippen molar-refractivity contribution in [2.45, 2.75) is 44.8 Å². The maximum absolute atomic E-state index is 12.3. The van der Waals surface area contributed by atoms with Gasteiger partial charge in [-0.3, -0.25) is 9.59 Å². The van der Waals surface area contributed by atoms with Crippen LogP contribution in [0.25, 0.3) is 0 Å². The van der Waals surface area contributed by atoms with E-state index in [9.17, 15) is 22.8 Å². The highest BCUT2D eigenvalue weighted by Gasteiger charge is 2.47. The lowest BCUT2D eigenvalue weighted by molar-refractivity contribution is -0.156. The van der Waals surface area contributed by atoms with Gasteiger partial charge >= 0.3 is 5.51 Å². The second kappa shape index (κ2) is 5.83. The predicted octanol–water partition coefficient (Wildman–Crippen LogP) is 2.00. The van der Waals surface area contributed by atoms with Crippen LogP contribution in [0, 0.1) is 5.92 Å². The number of hydrogen-bond donors (Lipinski definition) is 1. The van der Waals surface area contributed by atoms with Crippen molar-refractivity contribution in [2.75, 3.05) is 12.3 Å². The molecule has 1 heterocycles. The lowest BCUT2D eigenvalue weighted by Gasteiger charge is -2.45. The zero-order chi connectivity index (χ0) is 15.7. The number of halogens is 3. The highest BCUT2D eigenvalue weighted by molar-refractivity contribution is 8.00. The van der Waals surface area contributed by atoms with E-state index >= 15 is 0 Å². The van der Waals surface area contributed by atoms with Crippen LogP contribution in [0.2, 0.25) is 0 Å². The minimum absolute atomic E-state index is 0.105. The van der Waals surface area contributed by atoms with E-state index in [-0.39, 0.29) is 41.8 Å². The van der Waals surface area contributed by atoms with Crippen LogP contribution in [-0.2, 0) is 9.59 Å². The molecule has 0 spiro atoms. The first-order valence-corrected chi connectivity index (χ1v) is 7.28. The summed E-state index contributed by atoms with van der Waals surface area (Å²) < 4.78 is 36.5. The fourth-order valence-electron chi connectivity index (χ4n) is 2.04. The topological polar surface area (TPSA) is 49.4 Å². The van der Waals surface area contributed by atoms with Gasteiger partial charge in [0.1, 0.15) is 11.6 Å². The van der Waals surface area contributed by atoms with Crippen molar-refractivity contribution in [3.63, 3.8) is 0 Å². The molecule has 0 radical (unpaired) electrons. The molecule has 1 atom stereocenters. The first-order valence-electron chi connectivity index (χ1n) is 6.30. The minimum atomic E-state index is -4.33. The largest absolute Gasteiger partial charge is 0.441 e. The van der Waals surface area contributed by atoms with Crippen LogP contribution in [0.4, 0.5) is 13.2 Å². The van der Waals surface area contributed by atoms with Gasteiger partial charge in [0.15, 0.2) is 0 Å². The van der Waals surface area contributed by atoms with E-state index < -0.39 is 17.1 Å². The number of hydrogen-bond acceptors (Lipinski definition) is 3. The summed E-state index contributed by atoms with van der Waals surface area (Å²) in [6.45, 7) is 6.53. The summed E-state index contributed by atoms with van der Waals surface area (Å²) in [5.41, 5.74) is -5.46. The quantitative estimate of drug-likeness (QED) is 0.864. The minimum Gasteiger partial charge on any atom is -0.342 e. The Morgan fingerprint density at radius 3 is 2.35 bits per heavy atom. The fraction of sp³-hybridized carbons (Fsp3) is 0.833. The number of carbonyl (C=O) groups is 2. The monoisotopic (exact) mass is 312 g/mol. The van der Waals surface area contributed by atoms with Crippen LogP contribution in [0.5, 0.6) is 0 Å². The van der Waals surface area contributed by atoms with E-state index in [1.807, 2.05) is 0 Å². The van der Waals surface area contributed by atoms with E-state index in [0.29, 0.717) is 0 Å². The number of amides is 2. The van der Waals surface area contributed by atoms with Crippen molar-refractivity contribution in [1.29, 1.82) is 0 Å². The van der Waals surface area contributed by atoms with Gasteiger partial charge in [0.25, 0.3) is 0 Å². The molecule has 0 aromatic rings. The standard InChI is InChI=1S/C12H19F3N2O2S/c1-7(2)8-9(18)17(5-6-20-12(13,14)15)11(3,4)10(19)16-8/h7-8H,5-6H2,1-4H3,(H,16,19). The molecule has 1 aliphatic rings. The summed E-state index contributed by atoms with van der Waals surface area (Å²) in [7, 11) is 0. The average Bonchev–Trinajstić information content (AvgIpc) is 2.26. The Bertz CT molecular complexity index is 397. The van der Waals surface area contributed by atoms with Crippen LogP contribution in [-0.4, -0.2) is 46.1 Å². The van der Waals surface area contributed by atoms with Gasteiger partial charge in [0, 0.05) is 12.3 Å². The van der Waals surface area contributed by atoms with Crippen LogP contribution >= 0.6 is 11.8 Å². The van der Waals surface area contributed by atoms with E-state index in [2.05, 4.69) is 5.32 Å². The Labute approximate surface area is 120 Å². The number of nitrogens with zero attached hydrogens (tertiary/aromatic N) is 1. The third-order valence-electron chi connectivity index (χ3n) is 3.30. The molecule has 4 nitrogen and oxygen atoms in total. The molecule has 0 saturated carbocycles. The van der Waals surface area contributed by atoms with Gasteiger partial charge in [0.2, 0.25) is 11.8 Å². The first kappa shape index (κ1) is 17.1. The number of alkyl halides is 3. The van der Waals surface area contributed by atoms with Gasteiger partial charge in [-0.15, -0.1) is 0 Å². The molecule has 1 saturated heterocycles. The Hall–Kier alpha value is -0.920. The normalized spacial score (nSPS) is 23.2. The van der Waals surface area contributed by atoms with Crippen LogP contribution < -0.4 is 5.32 Å². The average molecular weight is 312 g/mol. The highest BCUT2D eigenvalue weighted by Crippen LogP contribution is 2.31. The van der Waals surface area contributed by atoms with Crippen LogP contribution in [0.1, 0.15) is 27.7 Å². The van der Waals surface area contributed by atoms with Gasteiger partial charge in [-0.2, -0.15) is 13.2 Å². The molecule has 1 rings (SSSR count). The first-order chi connectivity index (χ1) is 8.97.